The second-order valence-corrected chi connectivity index (χ2v) is 4.07. The molecule has 15 heavy (non-hydrogen) atoms. The summed E-state index contributed by atoms with van der Waals surface area (Å²) < 4.78 is 5.37. The minimum absolute atomic E-state index is 0.254. The summed E-state index contributed by atoms with van der Waals surface area (Å²) in [5, 5.41) is 2.73. The van der Waals surface area contributed by atoms with Crippen LogP contribution in [0, 0.1) is 0 Å². The largest absolute Gasteiger partial charge is 0.439 e. The third-order valence-corrected chi connectivity index (χ3v) is 3.10. The van der Waals surface area contributed by atoms with Gasteiger partial charge >= 0.3 is 5.97 Å². The van der Waals surface area contributed by atoms with Gasteiger partial charge in [0.2, 0.25) is 0 Å². The lowest BCUT2D eigenvalue weighted by Gasteiger charge is -2.35. The molecule has 0 aromatic rings. The Morgan fingerprint density at radius 2 is 2.13 bits per heavy atom. The van der Waals surface area contributed by atoms with E-state index in [1.807, 2.05) is 13.8 Å². The average Bonchev–Trinajstić information content (AvgIpc) is 2.24. The second-order valence-electron chi connectivity index (χ2n) is 3.54. The van der Waals surface area contributed by atoms with E-state index in [9.17, 15) is 4.79 Å². The lowest BCUT2D eigenvalue weighted by Crippen LogP contribution is -2.53. The molecular formula is C11H20ClNO2. The molecule has 1 N–H and O–H groups in total. The van der Waals surface area contributed by atoms with E-state index in [2.05, 4.69) is 11.9 Å². The zero-order valence-electron chi connectivity index (χ0n) is 9.89. The molecule has 2 atom stereocenters. The van der Waals surface area contributed by atoms with Gasteiger partial charge in [-0.3, -0.25) is 5.32 Å². The molecule has 4 heteroatoms. The van der Waals surface area contributed by atoms with Crippen LogP contribution in [0.25, 0.3) is 0 Å². The van der Waals surface area contributed by atoms with Crippen LogP contribution in [-0.4, -0.2) is 24.1 Å². The van der Waals surface area contributed by atoms with E-state index < -0.39 is 11.7 Å². The molecule has 0 amide bonds. The lowest BCUT2D eigenvalue weighted by molar-refractivity contribution is -0.159. The number of ether oxygens (including phenoxy) is 1. The van der Waals surface area contributed by atoms with Gasteiger partial charge in [-0.15, -0.1) is 11.6 Å². The molecular weight excluding hydrogens is 214 g/mol. The summed E-state index contributed by atoms with van der Waals surface area (Å²) in [5.74, 6) is -0.412. The number of hydrogen-bond acceptors (Lipinski definition) is 3. The molecule has 0 saturated carbocycles. The number of esters is 1. The van der Waals surface area contributed by atoms with Crippen molar-refractivity contribution in [1.29, 1.82) is 0 Å². The first-order chi connectivity index (χ1) is 6.93. The minimum Gasteiger partial charge on any atom is -0.439 e. The Morgan fingerprint density at radius 1 is 1.60 bits per heavy atom. The van der Waals surface area contributed by atoms with Gasteiger partial charge < -0.3 is 4.74 Å². The smallest absolute Gasteiger partial charge is 0.334 e. The van der Waals surface area contributed by atoms with Gasteiger partial charge in [0.1, 0.15) is 0 Å². The number of rotatable bonds is 6. The molecule has 0 bridgehead atoms. The zero-order chi connectivity index (χ0) is 12.1. The van der Waals surface area contributed by atoms with Gasteiger partial charge in [-0.05, 0) is 26.8 Å². The first-order valence-corrected chi connectivity index (χ1v) is 5.59. The van der Waals surface area contributed by atoms with Gasteiger partial charge in [-0.1, -0.05) is 20.4 Å². The highest BCUT2D eigenvalue weighted by atomic mass is 35.5. The van der Waals surface area contributed by atoms with E-state index in [0.717, 1.165) is 6.42 Å². The molecule has 0 heterocycles. The Morgan fingerprint density at radius 3 is 2.40 bits per heavy atom. The Labute approximate surface area is 96.8 Å². The van der Waals surface area contributed by atoms with Crippen molar-refractivity contribution in [3.8, 4) is 0 Å². The highest BCUT2D eigenvalue weighted by molar-refractivity contribution is 6.21. The van der Waals surface area contributed by atoms with Crippen molar-refractivity contribution in [2.45, 2.75) is 44.7 Å². The Kier molecular flexibility index (Phi) is 5.91. The fourth-order valence-corrected chi connectivity index (χ4v) is 1.63. The summed E-state index contributed by atoms with van der Waals surface area (Å²) in [6, 6.07) is 0. The first kappa shape index (κ1) is 14.5. The first-order valence-electron chi connectivity index (χ1n) is 5.15. The topological polar surface area (TPSA) is 38.3 Å². The van der Waals surface area contributed by atoms with Crippen molar-refractivity contribution >= 4 is 17.6 Å². The Balaban J connectivity index is 4.78. The van der Waals surface area contributed by atoms with Gasteiger partial charge in [-0.2, -0.15) is 0 Å². The number of halogens is 1. The highest BCUT2D eigenvalue weighted by Gasteiger charge is 2.37. The van der Waals surface area contributed by atoms with Crippen molar-refractivity contribution in [2.24, 2.45) is 0 Å². The lowest BCUT2D eigenvalue weighted by atomic mass is 10.0. The van der Waals surface area contributed by atoms with E-state index in [4.69, 9.17) is 16.3 Å². The fraction of sp³-hybridized carbons (Fsp3) is 0.727. The third-order valence-electron chi connectivity index (χ3n) is 2.44. The predicted octanol–water partition coefficient (Wildman–Crippen LogP) is 2.45. The SMILES string of the molecule is C=C(C)C(=O)OC(CC)(NC)C(Cl)CC. The summed E-state index contributed by atoms with van der Waals surface area (Å²) in [6.45, 7) is 9.04. The number of alkyl halides is 1. The molecule has 2 unspecified atom stereocenters. The fourth-order valence-electron chi connectivity index (χ4n) is 1.32. The molecule has 0 aromatic heterocycles. The number of hydrogen-bond donors (Lipinski definition) is 1. The normalized spacial score (nSPS) is 16.6. The van der Waals surface area contributed by atoms with Gasteiger partial charge in [0.25, 0.3) is 0 Å². The van der Waals surface area contributed by atoms with Crippen LogP contribution in [0.15, 0.2) is 12.2 Å². The number of nitrogens with one attached hydrogen (secondary N) is 1. The molecule has 0 saturated heterocycles. The van der Waals surface area contributed by atoms with Crippen LogP contribution < -0.4 is 5.32 Å². The summed E-state index contributed by atoms with van der Waals surface area (Å²) in [5.41, 5.74) is -0.421. The van der Waals surface area contributed by atoms with Gasteiger partial charge in [0.15, 0.2) is 5.72 Å². The van der Waals surface area contributed by atoms with Crippen LogP contribution in [0.5, 0.6) is 0 Å². The zero-order valence-corrected chi connectivity index (χ0v) is 10.6. The second kappa shape index (κ2) is 6.13. The predicted molar refractivity (Wildman–Crippen MR) is 62.9 cm³/mol. The quantitative estimate of drug-likeness (QED) is 0.332. The summed E-state index contributed by atoms with van der Waals surface area (Å²) >= 11 is 6.17. The Bertz CT molecular complexity index is 237. The molecule has 3 nitrogen and oxygen atoms in total. The van der Waals surface area contributed by atoms with E-state index in [1.54, 1.807) is 14.0 Å². The maximum Gasteiger partial charge on any atom is 0.334 e. The molecule has 0 aliphatic carbocycles. The summed E-state index contributed by atoms with van der Waals surface area (Å²) in [6.07, 6.45) is 1.34. The molecule has 0 fully saturated rings. The maximum atomic E-state index is 11.5. The molecule has 88 valence electrons. The standard InChI is InChI=1S/C11H20ClNO2/c1-6-9(12)11(7-2,13-5)15-10(14)8(3)4/h9,13H,3,6-7H2,1-2,4-5H3. The van der Waals surface area contributed by atoms with Gasteiger partial charge in [-0.25, -0.2) is 4.79 Å². The van der Waals surface area contributed by atoms with E-state index in [1.165, 1.54) is 0 Å². The van der Waals surface area contributed by atoms with Crippen LogP contribution in [0.1, 0.15) is 33.6 Å². The van der Waals surface area contributed by atoms with Crippen LogP contribution >= 0.6 is 11.6 Å². The molecule has 0 aromatic carbocycles. The van der Waals surface area contributed by atoms with Gasteiger partial charge in [0, 0.05) is 5.57 Å². The van der Waals surface area contributed by atoms with Crippen molar-refractivity contribution in [1.82, 2.24) is 5.32 Å². The van der Waals surface area contributed by atoms with Crippen molar-refractivity contribution in [3.63, 3.8) is 0 Å². The number of carbonyl (C=O) groups excluding carboxylic acids is 1. The molecule has 0 radical (unpaired) electrons. The summed E-state index contributed by atoms with van der Waals surface area (Å²) in [4.78, 5) is 11.5. The minimum atomic E-state index is -0.799. The Hall–Kier alpha value is -0.540. The van der Waals surface area contributed by atoms with Crippen LogP contribution in [-0.2, 0) is 9.53 Å². The van der Waals surface area contributed by atoms with E-state index >= 15 is 0 Å². The average molecular weight is 234 g/mol. The van der Waals surface area contributed by atoms with Crippen molar-refractivity contribution in [2.75, 3.05) is 7.05 Å². The molecule has 0 aliphatic rings. The monoisotopic (exact) mass is 233 g/mol. The highest BCUT2D eigenvalue weighted by Crippen LogP contribution is 2.25. The van der Waals surface area contributed by atoms with Crippen molar-refractivity contribution in [3.05, 3.63) is 12.2 Å². The van der Waals surface area contributed by atoms with Crippen LogP contribution in [0.3, 0.4) is 0 Å². The van der Waals surface area contributed by atoms with Crippen molar-refractivity contribution < 1.29 is 9.53 Å². The maximum absolute atomic E-state index is 11.5. The molecule has 0 rings (SSSR count). The number of carbonyl (C=O) groups is 1. The van der Waals surface area contributed by atoms with Gasteiger partial charge in [0.05, 0.1) is 5.38 Å². The van der Waals surface area contributed by atoms with E-state index in [0.29, 0.717) is 12.0 Å². The molecule has 0 spiro atoms. The van der Waals surface area contributed by atoms with E-state index in [-0.39, 0.29) is 5.38 Å². The third kappa shape index (κ3) is 3.50. The summed E-state index contributed by atoms with van der Waals surface area (Å²) in [7, 11) is 1.74. The van der Waals surface area contributed by atoms with Crippen LogP contribution in [0.2, 0.25) is 0 Å². The van der Waals surface area contributed by atoms with Crippen LogP contribution in [0.4, 0.5) is 0 Å². The molecule has 0 aliphatic heterocycles.